The van der Waals surface area contributed by atoms with E-state index in [0.29, 0.717) is 17.1 Å². The molecule has 3 atom stereocenters. The van der Waals surface area contributed by atoms with Crippen molar-refractivity contribution in [2.45, 2.75) is 44.4 Å². The van der Waals surface area contributed by atoms with Crippen LogP contribution in [-0.2, 0) is 6.42 Å². The zero-order chi connectivity index (χ0) is 24.5. The molecule has 0 bridgehead atoms. The van der Waals surface area contributed by atoms with Gasteiger partial charge in [-0.05, 0) is 62.1 Å². The third-order valence-corrected chi connectivity index (χ3v) is 7.32. The van der Waals surface area contributed by atoms with Gasteiger partial charge in [0.1, 0.15) is 0 Å². The number of benzene rings is 3. The van der Waals surface area contributed by atoms with Crippen molar-refractivity contribution in [3.63, 3.8) is 0 Å². The Labute approximate surface area is 206 Å². The Morgan fingerprint density at radius 1 is 0.914 bits per heavy atom. The first-order valence-electron chi connectivity index (χ1n) is 12.2. The molecule has 35 heavy (non-hydrogen) atoms. The number of carbonyl (C=O) groups excluding carboxylic acids is 1. The van der Waals surface area contributed by atoms with Crippen molar-refractivity contribution in [1.29, 1.82) is 0 Å². The molecule has 0 saturated carbocycles. The van der Waals surface area contributed by atoms with Crippen LogP contribution in [0.3, 0.4) is 0 Å². The number of methoxy groups -OCH3 is 2. The molecule has 6 heteroatoms. The summed E-state index contributed by atoms with van der Waals surface area (Å²) in [5.74, 6) is 0.881. The largest absolute Gasteiger partial charge is 0.493 e. The average Bonchev–Trinajstić information content (AvgIpc) is 3.11. The second-order valence-corrected chi connectivity index (χ2v) is 9.26. The van der Waals surface area contributed by atoms with E-state index in [9.17, 15) is 9.90 Å². The molecule has 3 aromatic rings. The summed E-state index contributed by atoms with van der Waals surface area (Å²) in [5, 5.41) is 11.7. The fraction of sp³-hybridized carbons (Fsp3) is 0.345. The quantitative estimate of drug-likeness (QED) is 0.579. The van der Waals surface area contributed by atoms with Gasteiger partial charge in [0.15, 0.2) is 11.5 Å². The van der Waals surface area contributed by atoms with E-state index >= 15 is 0 Å². The Bertz CT molecular complexity index is 1230. The SMILES string of the molecule is COc1ccc(C(=O)N2c3ccccc3C(N3CCCCc4ccccc43)C(O)C2C)cc1OC. The summed E-state index contributed by atoms with van der Waals surface area (Å²) < 4.78 is 10.8. The van der Waals surface area contributed by atoms with Gasteiger partial charge in [0.05, 0.1) is 32.4 Å². The molecule has 182 valence electrons. The third-order valence-electron chi connectivity index (χ3n) is 7.32. The van der Waals surface area contributed by atoms with Gasteiger partial charge in [-0.1, -0.05) is 36.4 Å². The number of anilines is 2. The number of hydrogen-bond donors (Lipinski definition) is 1. The van der Waals surface area contributed by atoms with Crippen molar-refractivity contribution in [3.8, 4) is 11.5 Å². The minimum Gasteiger partial charge on any atom is -0.493 e. The lowest BCUT2D eigenvalue weighted by atomic mass is 9.86. The van der Waals surface area contributed by atoms with Gasteiger partial charge < -0.3 is 24.4 Å². The van der Waals surface area contributed by atoms with Gasteiger partial charge in [0.2, 0.25) is 0 Å². The van der Waals surface area contributed by atoms with Crippen molar-refractivity contribution < 1.29 is 19.4 Å². The lowest BCUT2D eigenvalue weighted by Gasteiger charge is -2.47. The monoisotopic (exact) mass is 472 g/mol. The predicted octanol–water partition coefficient (Wildman–Crippen LogP) is 5.00. The maximum absolute atomic E-state index is 13.8. The van der Waals surface area contributed by atoms with E-state index in [1.54, 1.807) is 37.3 Å². The second-order valence-electron chi connectivity index (χ2n) is 9.26. The molecule has 3 unspecified atom stereocenters. The van der Waals surface area contributed by atoms with Crippen LogP contribution >= 0.6 is 0 Å². The number of carbonyl (C=O) groups is 1. The van der Waals surface area contributed by atoms with E-state index in [1.807, 2.05) is 31.2 Å². The van der Waals surface area contributed by atoms with Crippen molar-refractivity contribution in [2.75, 3.05) is 30.6 Å². The number of para-hydroxylation sites is 2. The highest BCUT2D eigenvalue weighted by molar-refractivity contribution is 6.07. The summed E-state index contributed by atoms with van der Waals surface area (Å²) in [6.45, 7) is 2.79. The first-order chi connectivity index (χ1) is 17.0. The first kappa shape index (κ1) is 23.2. The molecule has 6 nitrogen and oxygen atoms in total. The van der Waals surface area contributed by atoms with E-state index < -0.39 is 12.1 Å². The fourth-order valence-electron chi connectivity index (χ4n) is 5.54. The highest BCUT2D eigenvalue weighted by Crippen LogP contribution is 2.44. The maximum Gasteiger partial charge on any atom is 0.258 e. The molecule has 2 aliphatic heterocycles. The molecule has 0 saturated heterocycles. The van der Waals surface area contributed by atoms with Crippen LogP contribution in [-0.4, -0.2) is 43.9 Å². The number of fused-ring (bicyclic) bond motifs is 2. The van der Waals surface area contributed by atoms with Gasteiger partial charge in [-0.3, -0.25) is 4.79 Å². The minimum absolute atomic E-state index is 0.181. The van der Waals surface area contributed by atoms with Crippen LogP contribution < -0.4 is 19.3 Å². The summed E-state index contributed by atoms with van der Waals surface area (Å²) >= 11 is 0. The van der Waals surface area contributed by atoms with Gasteiger partial charge in [-0.25, -0.2) is 0 Å². The first-order valence-corrected chi connectivity index (χ1v) is 12.2. The number of ether oxygens (including phenoxy) is 2. The van der Waals surface area contributed by atoms with Gasteiger partial charge >= 0.3 is 0 Å². The smallest absolute Gasteiger partial charge is 0.258 e. The lowest BCUT2D eigenvalue weighted by Crippen LogP contribution is -2.55. The average molecular weight is 473 g/mol. The highest BCUT2D eigenvalue weighted by atomic mass is 16.5. The topological polar surface area (TPSA) is 62.2 Å². The van der Waals surface area contributed by atoms with Crippen LogP contribution in [0, 0.1) is 0 Å². The molecule has 5 rings (SSSR count). The van der Waals surface area contributed by atoms with Crippen LogP contribution in [0.15, 0.2) is 66.7 Å². The van der Waals surface area contributed by atoms with Gasteiger partial charge in [0.25, 0.3) is 5.91 Å². The third kappa shape index (κ3) is 4.02. The zero-order valence-electron chi connectivity index (χ0n) is 20.5. The van der Waals surface area contributed by atoms with E-state index in [4.69, 9.17) is 9.47 Å². The van der Waals surface area contributed by atoms with E-state index in [1.165, 1.54) is 11.3 Å². The number of hydrogen-bond acceptors (Lipinski definition) is 5. The number of aliphatic hydroxyl groups is 1. The minimum atomic E-state index is -0.764. The van der Waals surface area contributed by atoms with Gasteiger partial charge in [-0.15, -0.1) is 0 Å². The van der Waals surface area contributed by atoms with Crippen LogP contribution in [0.2, 0.25) is 0 Å². The summed E-state index contributed by atoms with van der Waals surface area (Å²) in [5.41, 5.74) is 4.76. The summed E-state index contributed by atoms with van der Waals surface area (Å²) in [6.07, 6.45) is 2.46. The standard InChI is InChI=1S/C29H32N2O4/c1-19-28(32)27(30-17-9-8-11-20-10-4-6-13-23(20)30)22-12-5-7-14-24(22)31(19)29(33)21-15-16-25(34-2)26(18-21)35-3/h4-7,10,12-16,18-19,27-28,32H,8-9,11,17H2,1-3H3. The molecule has 3 aromatic carbocycles. The summed E-state index contributed by atoms with van der Waals surface area (Å²) in [6, 6.07) is 20.9. The Morgan fingerprint density at radius 3 is 2.40 bits per heavy atom. The summed E-state index contributed by atoms with van der Waals surface area (Å²) in [4.78, 5) is 17.9. The maximum atomic E-state index is 13.8. The van der Waals surface area contributed by atoms with E-state index in [-0.39, 0.29) is 11.9 Å². The van der Waals surface area contributed by atoms with Crippen LogP contribution in [0.5, 0.6) is 11.5 Å². The van der Waals surface area contributed by atoms with Crippen LogP contribution in [0.4, 0.5) is 11.4 Å². The molecule has 2 aliphatic rings. The lowest BCUT2D eigenvalue weighted by molar-refractivity contribution is 0.0836. The number of nitrogens with zero attached hydrogens (tertiary/aromatic N) is 2. The number of rotatable bonds is 4. The van der Waals surface area contributed by atoms with E-state index in [2.05, 4.69) is 29.2 Å². The molecule has 0 fully saturated rings. The Morgan fingerprint density at radius 2 is 1.63 bits per heavy atom. The molecule has 0 aliphatic carbocycles. The molecule has 2 heterocycles. The highest BCUT2D eigenvalue weighted by Gasteiger charge is 2.44. The molecule has 0 radical (unpaired) electrons. The predicted molar refractivity (Wildman–Crippen MR) is 138 cm³/mol. The molecule has 1 N–H and O–H groups in total. The molecule has 0 spiro atoms. The fourth-order valence-corrected chi connectivity index (χ4v) is 5.54. The van der Waals surface area contributed by atoms with E-state index in [0.717, 1.165) is 37.1 Å². The van der Waals surface area contributed by atoms with Crippen molar-refractivity contribution >= 4 is 17.3 Å². The Kier molecular flexibility index (Phi) is 6.39. The second kappa shape index (κ2) is 9.62. The molecular formula is C29H32N2O4. The number of aryl methyl sites for hydroxylation is 1. The normalized spacial score (nSPS) is 21.5. The molecule has 1 amide bonds. The van der Waals surface area contributed by atoms with Crippen molar-refractivity contribution in [1.82, 2.24) is 0 Å². The number of amides is 1. The molecule has 0 aromatic heterocycles. The summed E-state index contributed by atoms with van der Waals surface area (Å²) in [7, 11) is 3.12. The Balaban J connectivity index is 1.58. The molecular weight excluding hydrogens is 440 g/mol. The van der Waals surface area contributed by atoms with Crippen molar-refractivity contribution in [3.05, 3.63) is 83.4 Å². The van der Waals surface area contributed by atoms with Crippen LogP contribution in [0.25, 0.3) is 0 Å². The van der Waals surface area contributed by atoms with Gasteiger partial charge in [-0.2, -0.15) is 0 Å². The van der Waals surface area contributed by atoms with Gasteiger partial charge in [0, 0.05) is 29.0 Å². The van der Waals surface area contributed by atoms with Crippen LogP contribution in [0.1, 0.15) is 47.3 Å². The Hall–Kier alpha value is -3.51. The number of aliphatic hydroxyl groups excluding tert-OH is 1. The van der Waals surface area contributed by atoms with Crippen molar-refractivity contribution in [2.24, 2.45) is 0 Å². The zero-order valence-corrected chi connectivity index (χ0v) is 20.5.